The Morgan fingerprint density at radius 2 is 2.10 bits per heavy atom. The fourth-order valence-electron chi connectivity index (χ4n) is 2.45. The molecule has 1 aromatic carbocycles. The number of hydrogen-bond donors (Lipinski definition) is 0. The summed E-state index contributed by atoms with van der Waals surface area (Å²) in [4.78, 5) is -0.572. The van der Waals surface area contributed by atoms with Gasteiger partial charge in [-0.3, -0.25) is 0 Å². The molecule has 0 spiro atoms. The van der Waals surface area contributed by atoms with Crippen LogP contribution in [0.3, 0.4) is 0 Å². The maximum atomic E-state index is 13.7. The van der Waals surface area contributed by atoms with Gasteiger partial charge in [-0.15, -0.1) is 0 Å². The fourth-order valence-corrected chi connectivity index (χ4v) is 4.73. The van der Waals surface area contributed by atoms with E-state index in [0.29, 0.717) is 13.1 Å². The van der Waals surface area contributed by atoms with Crippen molar-refractivity contribution in [2.24, 2.45) is 5.92 Å². The van der Waals surface area contributed by atoms with Crippen LogP contribution in [0.5, 0.6) is 0 Å². The quantitative estimate of drug-likeness (QED) is 0.766. The van der Waals surface area contributed by atoms with Gasteiger partial charge in [-0.25, -0.2) is 17.2 Å². The third kappa shape index (κ3) is 3.38. The summed E-state index contributed by atoms with van der Waals surface area (Å²) in [7, 11) is -3.96. The Balaban J connectivity index is 2.27. The van der Waals surface area contributed by atoms with Crippen LogP contribution in [0.15, 0.2) is 23.1 Å². The van der Waals surface area contributed by atoms with E-state index in [1.165, 1.54) is 4.31 Å². The smallest absolute Gasteiger partial charge is 0.207 e. The Labute approximate surface area is 126 Å². The summed E-state index contributed by atoms with van der Waals surface area (Å²) in [6, 6.07) is 2.51. The van der Waals surface area contributed by atoms with Crippen molar-refractivity contribution in [3.05, 3.63) is 29.8 Å². The van der Waals surface area contributed by atoms with Crippen LogP contribution in [0.1, 0.15) is 19.3 Å². The topological polar surface area (TPSA) is 37.4 Å². The van der Waals surface area contributed by atoms with E-state index < -0.39 is 26.6 Å². The average Bonchev–Trinajstić information content (AvgIpc) is 2.42. The number of sulfonamides is 1. The summed E-state index contributed by atoms with van der Waals surface area (Å²) in [6.07, 6.45) is 2.58. The molecule has 3 nitrogen and oxygen atoms in total. The third-order valence-electron chi connectivity index (χ3n) is 3.51. The summed E-state index contributed by atoms with van der Waals surface area (Å²) >= 11 is 3.34. The number of alkyl halides is 1. The lowest BCUT2D eigenvalue weighted by molar-refractivity contribution is 0.262. The van der Waals surface area contributed by atoms with Crippen LogP contribution in [0.2, 0.25) is 0 Å². The normalized spacial score (nSPS) is 21.1. The van der Waals surface area contributed by atoms with Gasteiger partial charge in [0.25, 0.3) is 0 Å². The molecule has 7 heteroatoms. The molecule has 1 aliphatic heterocycles. The van der Waals surface area contributed by atoms with E-state index in [1.54, 1.807) is 0 Å². The van der Waals surface area contributed by atoms with E-state index in [9.17, 15) is 17.2 Å². The maximum Gasteiger partial charge on any atom is 0.246 e. The highest BCUT2D eigenvalue weighted by Crippen LogP contribution is 2.27. The molecule has 0 aromatic heterocycles. The highest BCUT2D eigenvalue weighted by atomic mass is 79.9. The molecule has 0 aliphatic carbocycles. The van der Waals surface area contributed by atoms with Gasteiger partial charge in [0.05, 0.1) is 0 Å². The number of hydrogen-bond acceptors (Lipinski definition) is 2. The third-order valence-corrected chi connectivity index (χ3v) is 5.85. The van der Waals surface area contributed by atoms with Crippen molar-refractivity contribution in [2.75, 3.05) is 18.4 Å². The zero-order valence-corrected chi connectivity index (χ0v) is 13.3. The highest BCUT2D eigenvalue weighted by Gasteiger charge is 2.32. The molecule has 20 heavy (non-hydrogen) atoms. The van der Waals surface area contributed by atoms with E-state index in [0.717, 1.165) is 42.8 Å². The molecule has 0 bridgehead atoms. The number of nitrogens with zero attached hydrogens (tertiary/aromatic N) is 1. The first-order valence-electron chi connectivity index (χ1n) is 6.46. The Kier molecular flexibility index (Phi) is 5.14. The molecule has 1 saturated heterocycles. The SMILES string of the molecule is O=S(=O)(c1cc(F)ccc1F)N1CCCC(CCBr)C1. The van der Waals surface area contributed by atoms with Gasteiger partial charge >= 0.3 is 0 Å². The summed E-state index contributed by atoms with van der Waals surface area (Å²) in [5.41, 5.74) is 0. The minimum Gasteiger partial charge on any atom is -0.207 e. The van der Waals surface area contributed by atoms with Crippen molar-refractivity contribution in [1.82, 2.24) is 4.31 Å². The van der Waals surface area contributed by atoms with Crippen molar-refractivity contribution in [3.63, 3.8) is 0 Å². The second-order valence-corrected chi connectivity index (χ2v) is 7.62. The van der Waals surface area contributed by atoms with E-state index in [1.807, 2.05) is 0 Å². The van der Waals surface area contributed by atoms with E-state index in [2.05, 4.69) is 15.9 Å². The van der Waals surface area contributed by atoms with Crippen molar-refractivity contribution in [2.45, 2.75) is 24.2 Å². The number of piperidine rings is 1. The van der Waals surface area contributed by atoms with Crippen LogP contribution in [0.25, 0.3) is 0 Å². The molecule has 1 fully saturated rings. The van der Waals surface area contributed by atoms with E-state index in [-0.39, 0.29) is 5.92 Å². The molecule has 0 saturated carbocycles. The molecule has 1 aliphatic rings. The highest BCUT2D eigenvalue weighted by molar-refractivity contribution is 9.09. The van der Waals surface area contributed by atoms with Gasteiger partial charge in [0.2, 0.25) is 10.0 Å². The Bertz CT molecular complexity index is 578. The molecule has 2 rings (SSSR count). The van der Waals surface area contributed by atoms with E-state index in [4.69, 9.17) is 0 Å². The second kappa shape index (κ2) is 6.49. The molecule has 0 radical (unpaired) electrons. The lowest BCUT2D eigenvalue weighted by Gasteiger charge is -2.31. The molecular weight excluding hydrogens is 352 g/mol. The van der Waals surface area contributed by atoms with Crippen LogP contribution in [-0.4, -0.2) is 31.1 Å². The zero-order valence-electron chi connectivity index (χ0n) is 10.9. The predicted octanol–water partition coefficient (Wildman–Crippen LogP) is 3.15. The molecule has 1 aromatic rings. The van der Waals surface area contributed by atoms with Crippen LogP contribution in [0.4, 0.5) is 8.78 Å². The predicted molar refractivity (Wildman–Crippen MR) is 76.3 cm³/mol. The summed E-state index contributed by atoms with van der Waals surface area (Å²) in [5, 5.41) is 0.805. The van der Waals surface area contributed by atoms with Gasteiger partial charge < -0.3 is 0 Å². The lowest BCUT2D eigenvalue weighted by Crippen LogP contribution is -2.40. The minimum absolute atomic E-state index is 0.259. The van der Waals surface area contributed by atoms with Gasteiger partial charge in [0.15, 0.2) is 0 Å². The standard InChI is InChI=1S/C13H16BrF2NO2S/c14-6-5-10-2-1-7-17(9-10)20(18,19)13-8-11(15)3-4-12(13)16/h3-4,8,10H,1-2,5-7,9H2. The molecule has 1 atom stereocenters. The van der Waals surface area contributed by atoms with Gasteiger partial charge in [-0.1, -0.05) is 15.9 Å². The fraction of sp³-hybridized carbons (Fsp3) is 0.538. The van der Waals surface area contributed by atoms with E-state index >= 15 is 0 Å². The summed E-state index contributed by atoms with van der Waals surface area (Å²) < 4.78 is 53.0. The summed E-state index contributed by atoms with van der Waals surface area (Å²) in [5.74, 6) is -1.40. The maximum absolute atomic E-state index is 13.7. The van der Waals surface area contributed by atoms with Crippen LogP contribution >= 0.6 is 15.9 Å². The average molecular weight is 368 g/mol. The second-order valence-electron chi connectivity index (χ2n) is 4.92. The molecule has 1 heterocycles. The Morgan fingerprint density at radius 1 is 1.35 bits per heavy atom. The van der Waals surface area contributed by atoms with Gasteiger partial charge in [-0.05, 0) is 43.4 Å². The van der Waals surface area contributed by atoms with Gasteiger partial charge in [0.1, 0.15) is 16.5 Å². The zero-order chi connectivity index (χ0) is 14.8. The minimum atomic E-state index is -3.96. The van der Waals surface area contributed by atoms with Gasteiger partial charge in [0, 0.05) is 18.4 Å². The van der Waals surface area contributed by atoms with Crippen molar-refractivity contribution in [1.29, 1.82) is 0 Å². The lowest BCUT2D eigenvalue weighted by atomic mass is 9.97. The molecule has 1 unspecified atom stereocenters. The largest absolute Gasteiger partial charge is 0.246 e. The molecular formula is C13H16BrF2NO2S. The van der Waals surface area contributed by atoms with Crippen molar-refractivity contribution < 1.29 is 17.2 Å². The van der Waals surface area contributed by atoms with Crippen LogP contribution < -0.4 is 0 Å². The Morgan fingerprint density at radius 3 is 2.80 bits per heavy atom. The van der Waals surface area contributed by atoms with Gasteiger partial charge in [-0.2, -0.15) is 4.31 Å². The number of benzene rings is 1. The molecule has 0 N–H and O–H groups in total. The van der Waals surface area contributed by atoms with Crippen LogP contribution in [-0.2, 0) is 10.0 Å². The number of rotatable bonds is 4. The summed E-state index contributed by atoms with van der Waals surface area (Å²) in [6.45, 7) is 0.723. The first-order chi connectivity index (χ1) is 9.45. The first kappa shape index (κ1) is 15.9. The monoisotopic (exact) mass is 367 g/mol. The van der Waals surface area contributed by atoms with Crippen molar-refractivity contribution in [3.8, 4) is 0 Å². The first-order valence-corrected chi connectivity index (χ1v) is 9.02. The number of halogens is 3. The Hall–Kier alpha value is -0.530. The molecule has 112 valence electrons. The van der Waals surface area contributed by atoms with Crippen LogP contribution in [0, 0.1) is 17.6 Å². The van der Waals surface area contributed by atoms with Crippen molar-refractivity contribution >= 4 is 26.0 Å². The molecule has 0 amide bonds.